The number of hydrogen-bond donors (Lipinski definition) is 1. The van der Waals surface area contributed by atoms with Crippen molar-refractivity contribution in [2.24, 2.45) is 5.73 Å². The summed E-state index contributed by atoms with van der Waals surface area (Å²) in [5, 5.41) is 0.318. The van der Waals surface area contributed by atoms with Crippen molar-refractivity contribution in [2.75, 3.05) is 0 Å². The first-order valence-corrected chi connectivity index (χ1v) is 10.8. The van der Waals surface area contributed by atoms with Crippen LogP contribution < -0.4 is 19.9 Å². The molecule has 0 fully saturated rings. The Bertz CT molecular complexity index is 1250. The number of aromatic nitrogens is 2. The van der Waals surface area contributed by atoms with E-state index >= 15 is 0 Å². The summed E-state index contributed by atoms with van der Waals surface area (Å²) in [6.07, 6.45) is 4.09. The average Bonchev–Trinajstić information content (AvgIpc) is 2.85. The molecule has 0 bridgehead atoms. The number of benzene rings is 3. The van der Waals surface area contributed by atoms with Crippen LogP contribution in [0.1, 0.15) is 22.4 Å². The average molecular weight is 475 g/mol. The SMILES string of the molecule is NC(=O)Oc1ccc(COc2ccc([CH]c3nccnc3Cl)cc2OCc2ccccc2)cc1. The molecule has 1 radical (unpaired) electrons. The van der Waals surface area contributed by atoms with Gasteiger partial charge in [-0.2, -0.15) is 0 Å². The maximum absolute atomic E-state index is 10.9. The third-order valence-corrected chi connectivity index (χ3v) is 5.02. The lowest BCUT2D eigenvalue weighted by Crippen LogP contribution is -2.16. The Labute approximate surface area is 202 Å². The maximum Gasteiger partial charge on any atom is 0.409 e. The molecule has 3 aromatic carbocycles. The molecular formula is C26H21ClN3O4. The molecular weight excluding hydrogens is 454 g/mol. The topological polar surface area (TPSA) is 96.6 Å². The number of rotatable bonds is 9. The Morgan fingerprint density at radius 2 is 1.53 bits per heavy atom. The first-order chi connectivity index (χ1) is 16.6. The number of hydrogen-bond acceptors (Lipinski definition) is 6. The normalized spacial score (nSPS) is 10.5. The van der Waals surface area contributed by atoms with E-state index in [4.69, 9.17) is 31.5 Å². The lowest BCUT2D eigenvalue weighted by Gasteiger charge is -2.15. The molecule has 4 rings (SSSR count). The van der Waals surface area contributed by atoms with Crippen molar-refractivity contribution < 1.29 is 19.0 Å². The maximum atomic E-state index is 10.9. The largest absolute Gasteiger partial charge is 0.485 e. The summed E-state index contributed by atoms with van der Waals surface area (Å²) < 4.78 is 17.0. The van der Waals surface area contributed by atoms with Crippen LogP contribution in [0.15, 0.2) is 85.2 Å². The van der Waals surface area contributed by atoms with Gasteiger partial charge in [-0.3, -0.25) is 4.98 Å². The lowest BCUT2D eigenvalue weighted by molar-refractivity contribution is 0.211. The molecule has 8 heteroatoms. The van der Waals surface area contributed by atoms with E-state index in [0.717, 1.165) is 16.7 Å². The minimum absolute atomic E-state index is 0.289. The Balaban J connectivity index is 1.51. The van der Waals surface area contributed by atoms with Gasteiger partial charge in [0, 0.05) is 18.8 Å². The van der Waals surface area contributed by atoms with Gasteiger partial charge in [0.1, 0.15) is 19.0 Å². The van der Waals surface area contributed by atoms with Crippen molar-refractivity contribution in [3.05, 3.63) is 119 Å². The molecule has 0 unspecified atom stereocenters. The second kappa shape index (κ2) is 11.2. The highest BCUT2D eigenvalue weighted by Crippen LogP contribution is 2.32. The first-order valence-electron chi connectivity index (χ1n) is 10.4. The number of nitrogens with two attached hydrogens (primary N) is 1. The first kappa shape index (κ1) is 23.1. The van der Waals surface area contributed by atoms with Crippen molar-refractivity contribution in [1.82, 2.24) is 9.97 Å². The molecule has 0 saturated heterocycles. The molecule has 0 aliphatic heterocycles. The zero-order valence-corrected chi connectivity index (χ0v) is 18.8. The summed E-state index contributed by atoms with van der Waals surface area (Å²) in [6.45, 7) is 0.670. The lowest BCUT2D eigenvalue weighted by atomic mass is 10.1. The Hall–Kier alpha value is -4.10. The second-order valence-corrected chi connectivity index (χ2v) is 7.57. The monoisotopic (exact) mass is 474 g/mol. The van der Waals surface area contributed by atoms with Gasteiger partial charge in [-0.1, -0.05) is 60.1 Å². The fourth-order valence-corrected chi connectivity index (χ4v) is 3.26. The summed E-state index contributed by atoms with van der Waals surface area (Å²) in [7, 11) is 0. The quantitative estimate of drug-likeness (QED) is 0.351. The standard InChI is InChI=1S/C26H21ClN3O4/c27-25-22(29-12-13-30-25)14-20-8-11-23(24(15-20)33-16-18-4-2-1-3-5-18)32-17-19-6-9-21(10-7-19)34-26(28)31/h1-15H,16-17H2,(H2,28,31). The number of ether oxygens (including phenoxy) is 3. The Morgan fingerprint density at radius 1 is 0.853 bits per heavy atom. The molecule has 0 saturated carbocycles. The van der Waals surface area contributed by atoms with Gasteiger partial charge in [-0.05, 0) is 41.0 Å². The molecule has 1 aromatic heterocycles. The van der Waals surface area contributed by atoms with E-state index in [2.05, 4.69) is 9.97 Å². The van der Waals surface area contributed by atoms with Crippen LogP contribution in [0, 0.1) is 6.42 Å². The van der Waals surface area contributed by atoms with E-state index in [1.807, 2.05) is 55.0 Å². The summed E-state index contributed by atoms with van der Waals surface area (Å²) in [5.74, 6) is 1.52. The third-order valence-electron chi connectivity index (χ3n) is 4.72. The van der Waals surface area contributed by atoms with Gasteiger partial charge in [0.15, 0.2) is 16.7 Å². The van der Waals surface area contributed by atoms with Gasteiger partial charge < -0.3 is 19.9 Å². The van der Waals surface area contributed by atoms with Gasteiger partial charge >= 0.3 is 6.09 Å². The Kier molecular flexibility index (Phi) is 7.57. The van der Waals surface area contributed by atoms with E-state index < -0.39 is 6.09 Å². The van der Waals surface area contributed by atoms with Crippen LogP contribution in [0.2, 0.25) is 5.15 Å². The predicted molar refractivity (Wildman–Crippen MR) is 128 cm³/mol. The molecule has 1 heterocycles. The van der Waals surface area contributed by atoms with Crippen molar-refractivity contribution in [3.63, 3.8) is 0 Å². The van der Waals surface area contributed by atoms with E-state index in [1.54, 1.807) is 30.5 Å². The van der Waals surface area contributed by atoms with Crippen LogP contribution in [-0.4, -0.2) is 16.1 Å². The predicted octanol–water partition coefficient (Wildman–Crippen LogP) is 5.35. The fraction of sp³-hybridized carbons (Fsp3) is 0.0769. The highest BCUT2D eigenvalue weighted by Gasteiger charge is 2.11. The van der Waals surface area contributed by atoms with Gasteiger partial charge in [-0.25, -0.2) is 9.78 Å². The van der Waals surface area contributed by atoms with Gasteiger partial charge in [0.05, 0.1) is 5.69 Å². The highest BCUT2D eigenvalue weighted by molar-refractivity contribution is 6.30. The molecule has 0 aliphatic rings. The summed E-state index contributed by atoms with van der Waals surface area (Å²) >= 11 is 6.15. The number of carbonyl (C=O) groups excluding carboxylic acids is 1. The third kappa shape index (κ3) is 6.46. The van der Waals surface area contributed by atoms with Crippen LogP contribution in [0.4, 0.5) is 4.79 Å². The van der Waals surface area contributed by atoms with Crippen LogP contribution in [0.5, 0.6) is 17.2 Å². The number of carbonyl (C=O) groups is 1. The van der Waals surface area contributed by atoms with E-state index in [0.29, 0.717) is 34.7 Å². The highest BCUT2D eigenvalue weighted by atomic mass is 35.5. The molecule has 171 valence electrons. The van der Waals surface area contributed by atoms with E-state index in [1.165, 1.54) is 6.20 Å². The zero-order valence-electron chi connectivity index (χ0n) is 18.1. The van der Waals surface area contributed by atoms with Gasteiger partial charge in [0.25, 0.3) is 0 Å². The number of amides is 1. The second-order valence-electron chi connectivity index (χ2n) is 7.21. The van der Waals surface area contributed by atoms with Crippen LogP contribution in [0.25, 0.3) is 0 Å². The zero-order chi connectivity index (χ0) is 23.8. The summed E-state index contributed by atoms with van der Waals surface area (Å²) in [6, 6.07) is 22.3. The molecule has 34 heavy (non-hydrogen) atoms. The van der Waals surface area contributed by atoms with E-state index in [-0.39, 0.29) is 6.61 Å². The minimum atomic E-state index is -0.858. The molecule has 2 N–H and O–H groups in total. The van der Waals surface area contributed by atoms with Crippen molar-refractivity contribution in [1.29, 1.82) is 0 Å². The molecule has 7 nitrogen and oxygen atoms in total. The van der Waals surface area contributed by atoms with Gasteiger partial charge in [0.2, 0.25) is 0 Å². The minimum Gasteiger partial charge on any atom is -0.485 e. The van der Waals surface area contributed by atoms with Crippen LogP contribution in [-0.2, 0) is 13.2 Å². The fourth-order valence-electron chi connectivity index (χ4n) is 3.10. The molecule has 0 atom stereocenters. The number of halogens is 1. The van der Waals surface area contributed by atoms with Crippen molar-refractivity contribution >= 4 is 17.7 Å². The summed E-state index contributed by atoms with van der Waals surface area (Å²) in [4.78, 5) is 19.2. The van der Waals surface area contributed by atoms with Crippen molar-refractivity contribution in [2.45, 2.75) is 13.2 Å². The molecule has 1 amide bonds. The van der Waals surface area contributed by atoms with Crippen LogP contribution >= 0.6 is 11.6 Å². The molecule has 4 aromatic rings. The van der Waals surface area contributed by atoms with Crippen molar-refractivity contribution in [3.8, 4) is 17.2 Å². The Morgan fingerprint density at radius 3 is 2.24 bits per heavy atom. The van der Waals surface area contributed by atoms with Crippen LogP contribution in [0.3, 0.4) is 0 Å². The molecule has 0 aliphatic carbocycles. The number of primary amides is 1. The van der Waals surface area contributed by atoms with E-state index in [9.17, 15) is 4.79 Å². The smallest absolute Gasteiger partial charge is 0.409 e. The molecule has 0 spiro atoms. The van der Waals surface area contributed by atoms with Gasteiger partial charge in [-0.15, -0.1) is 0 Å². The number of nitrogens with zero attached hydrogens (tertiary/aromatic N) is 2. The summed E-state index contributed by atoms with van der Waals surface area (Å²) in [5.41, 5.74) is 8.35.